The van der Waals surface area contributed by atoms with E-state index in [9.17, 15) is 9.59 Å². The summed E-state index contributed by atoms with van der Waals surface area (Å²) in [4.78, 5) is 34.2. The normalized spacial score (nSPS) is 40.2. The van der Waals surface area contributed by atoms with Crippen LogP contribution < -0.4 is 0 Å². The molecule has 9 unspecified atom stereocenters. The number of fused-ring (bicyclic) bond motifs is 6. The molecule has 4 saturated carbocycles. The molecule has 2 aromatic carbocycles. The summed E-state index contributed by atoms with van der Waals surface area (Å²) in [5.74, 6) is 4.81. The van der Waals surface area contributed by atoms with Crippen LogP contribution in [0.15, 0.2) is 42.5 Å². The Kier molecular flexibility index (Phi) is 7.58. The van der Waals surface area contributed by atoms with Gasteiger partial charge >= 0.3 is 0 Å². The summed E-state index contributed by atoms with van der Waals surface area (Å²) < 4.78 is 0. The van der Waals surface area contributed by atoms with Crippen molar-refractivity contribution in [1.82, 2.24) is 14.7 Å². The Balaban J connectivity index is 0.905. The van der Waals surface area contributed by atoms with Gasteiger partial charge in [0.1, 0.15) is 6.04 Å². The topological polar surface area (TPSA) is 43.9 Å². The van der Waals surface area contributed by atoms with Gasteiger partial charge in [-0.3, -0.25) is 14.5 Å². The maximum atomic E-state index is 13.9. The SMILES string of the molecule is CC1CCC2C3CCC4CCC(N5CCN(C(=O)C6CCCN6C(=O)c6ccc7ccccc7c6)CC5)CC4(C)C3CCC12C. The molecule has 8 rings (SSSR count). The first-order valence-corrected chi connectivity index (χ1v) is 18.6. The van der Waals surface area contributed by atoms with Crippen molar-refractivity contribution in [2.75, 3.05) is 32.7 Å². The Morgan fingerprint density at radius 2 is 1.51 bits per heavy atom. The Labute approximate surface area is 271 Å². The van der Waals surface area contributed by atoms with Crippen LogP contribution in [0.5, 0.6) is 0 Å². The zero-order valence-corrected chi connectivity index (χ0v) is 28.1. The molecular weight excluding hydrogens is 554 g/mol. The number of carbonyl (C=O) groups is 2. The zero-order chi connectivity index (χ0) is 30.9. The van der Waals surface area contributed by atoms with Crippen molar-refractivity contribution in [2.45, 2.75) is 103 Å². The molecule has 6 aliphatic rings. The van der Waals surface area contributed by atoms with Gasteiger partial charge in [0.05, 0.1) is 0 Å². The molecule has 4 aliphatic carbocycles. The van der Waals surface area contributed by atoms with Crippen LogP contribution in [-0.4, -0.2) is 71.3 Å². The van der Waals surface area contributed by atoms with Crippen molar-refractivity contribution in [3.05, 3.63) is 48.0 Å². The van der Waals surface area contributed by atoms with E-state index < -0.39 is 0 Å². The maximum absolute atomic E-state index is 13.9. The van der Waals surface area contributed by atoms with Gasteiger partial charge in [-0.2, -0.15) is 0 Å². The number of hydrogen-bond acceptors (Lipinski definition) is 3. The second-order valence-corrected chi connectivity index (χ2v) is 16.7. The van der Waals surface area contributed by atoms with Crippen LogP contribution in [0, 0.1) is 40.4 Å². The summed E-state index contributed by atoms with van der Waals surface area (Å²) in [6.07, 6.45) is 14.6. The lowest BCUT2D eigenvalue weighted by atomic mass is 9.44. The number of piperazine rings is 1. The summed E-state index contributed by atoms with van der Waals surface area (Å²) in [7, 11) is 0. The lowest BCUT2D eigenvalue weighted by molar-refractivity contribution is -0.140. The second-order valence-electron chi connectivity index (χ2n) is 16.7. The lowest BCUT2D eigenvalue weighted by Crippen LogP contribution is -2.59. The van der Waals surface area contributed by atoms with Crippen LogP contribution >= 0.6 is 0 Å². The highest BCUT2D eigenvalue weighted by atomic mass is 16.2. The molecule has 2 amide bonds. The van der Waals surface area contributed by atoms with Gasteiger partial charge in [-0.05, 0) is 134 Å². The highest BCUT2D eigenvalue weighted by Gasteiger charge is 2.59. The van der Waals surface area contributed by atoms with Crippen molar-refractivity contribution in [1.29, 1.82) is 0 Å². The number of likely N-dealkylation sites (tertiary alicyclic amines) is 1. The Bertz CT molecular complexity index is 1450. The molecule has 0 radical (unpaired) electrons. The fraction of sp³-hybridized carbons (Fsp3) is 0.700. The van der Waals surface area contributed by atoms with Gasteiger partial charge < -0.3 is 9.80 Å². The minimum absolute atomic E-state index is 0.00103. The summed E-state index contributed by atoms with van der Waals surface area (Å²) in [5.41, 5.74) is 1.77. The molecule has 2 aromatic rings. The molecule has 0 bridgehead atoms. The molecule has 45 heavy (non-hydrogen) atoms. The van der Waals surface area contributed by atoms with E-state index in [2.05, 4.69) is 42.7 Å². The number of hydrogen-bond donors (Lipinski definition) is 0. The van der Waals surface area contributed by atoms with E-state index in [4.69, 9.17) is 0 Å². The van der Waals surface area contributed by atoms with Gasteiger partial charge in [-0.1, -0.05) is 51.1 Å². The smallest absolute Gasteiger partial charge is 0.254 e. The second kappa shape index (κ2) is 11.4. The van der Waals surface area contributed by atoms with Crippen molar-refractivity contribution in [3.63, 3.8) is 0 Å². The van der Waals surface area contributed by atoms with Crippen LogP contribution in [-0.2, 0) is 4.79 Å². The van der Waals surface area contributed by atoms with Gasteiger partial charge in [0.2, 0.25) is 5.91 Å². The molecule has 0 spiro atoms. The number of amides is 2. The zero-order valence-electron chi connectivity index (χ0n) is 28.1. The third kappa shape index (κ3) is 4.88. The van der Waals surface area contributed by atoms with Crippen molar-refractivity contribution in [2.24, 2.45) is 40.4 Å². The van der Waals surface area contributed by atoms with Gasteiger partial charge in [0, 0.05) is 44.3 Å². The molecule has 0 aromatic heterocycles. The average molecular weight is 610 g/mol. The fourth-order valence-electron chi connectivity index (χ4n) is 12.2. The third-order valence-corrected chi connectivity index (χ3v) is 15.0. The largest absolute Gasteiger partial charge is 0.338 e. The Morgan fingerprint density at radius 1 is 0.756 bits per heavy atom. The van der Waals surface area contributed by atoms with Gasteiger partial charge in [0.25, 0.3) is 5.91 Å². The van der Waals surface area contributed by atoms with Crippen molar-refractivity contribution in [3.8, 4) is 0 Å². The van der Waals surface area contributed by atoms with E-state index in [-0.39, 0.29) is 17.9 Å². The van der Waals surface area contributed by atoms with Crippen LogP contribution in [0.1, 0.15) is 102 Å². The first-order chi connectivity index (χ1) is 21.8. The van der Waals surface area contributed by atoms with Crippen LogP contribution in [0.25, 0.3) is 10.8 Å². The van der Waals surface area contributed by atoms with Gasteiger partial charge in [-0.15, -0.1) is 0 Å². The van der Waals surface area contributed by atoms with Crippen LogP contribution in [0.4, 0.5) is 0 Å². The molecular formula is C40H55N3O2. The number of nitrogens with zero attached hydrogens (tertiary/aromatic N) is 3. The molecule has 6 fully saturated rings. The summed E-state index contributed by atoms with van der Waals surface area (Å²) in [6.45, 7) is 12.1. The van der Waals surface area contributed by atoms with Gasteiger partial charge in [0.15, 0.2) is 0 Å². The van der Waals surface area contributed by atoms with Crippen molar-refractivity contribution >= 4 is 22.6 Å². The predicted octanol–water partition coefficient (Wildman–Crippen LogP) is 7.64. The quantitative estimate of drug-likeness (QED) is 0.359. The summed E-state index contributed by atoms with van der Waals surface area (Å²) >= 11 is 0. The monoisotopic (exact) mass is 609 g/mol. The predicted molar refractivity (Wildman–Crippen MR) is 181 cm³/mol. The molecule has 0 N–H and O–H groups in total. The molecule has 9 atom stereocenters. The van der Waals surface area contributed by atoms with Crippen molar-refractivity contribution < 1.29 is 9.59 Å². The minimum Gasteiger partial charge on any atom is -0.338 e. The molecule has 2 aliphatic heterocycles. The first-order valence-electron chi connectivity index (χ1n) is 18.6. The number of carbonyl (C=O) groups excluding carboxylic acids is 2. The number of benzene rings is 2. The number of rotatable bonds is 3. The minimum atomic E-state index is -0.320. The molecule has 242 valence electrons. The first kappa shape index (κ1) is 30.0. The average Bonchev–Trinajstić information content (AvgIpc) is 3.68. The summed E-state index contributed by atoms with van der Waals surface area (Å²) in [5, 5.41) is 2.21. The molecule has 5 heteroatoms. The fourth-order valence-corrected chi connectivity index (χ4v) is 12.2. The maximum Gasteiger partial charge on any atom is 0.254 e. The molecule has 2 heterocycles. The van der Waals surface area contributed by atoms with E-state index in [1.807, 2.05) is 35.2 Å². The Morgan fingerprint density at radius 3 is 2.33 bits per heavy atom. The third-order valence-electron chi connectivity index (χ3n) is 15.0. The lowest BCUT2D eigenvalue weighted by Gasteiger charge is -2.62. The molecule has 5 nitrogen and oxygen atoms in total. The van der Waals surface area contributed by atoms with E-state index in [1.165, 1.54) is 57.8 Å². The molecule has 2 saturated heterocycles. The highest BCUT2D eigenvalue weighted by molar-refractivity contribution is 6.01. The standard InChI is InChI=1S/C40H55N3O2/c1-27-10-17-34-33-16-14-31-13-15-32(26-40(31,3)35(33)18-19-39(27,34)2)41-21-23-42(24-22-41)38(45)36-9-6-20-43(36)37(44)30-12-11-28-7-4-5-8-29(28)25-30/h4-5,7-8,11-12,25,27,31-36H,6,9-10,13-24,26H2,1-3H3. The van der Waals surface area contributed by atoms with E-state index in [0.717, 1.165) is 79.4 Å². The van der Waals surface area contributed by atoms with E-state index in [1.54, 1.807) is 0 Å². The summed E-state index contributed by atoms with van der Waals surface area (Å²) in [6, 6.07) is 14.4. The highest BCUT2D eigenvalue weighted by Crippen LogP contribution is 2.67. The van der Waals surface area contributed by atoms with E-state index >= 15 is 0 Å². The van der Waals surface area contributed by atoms with E-state index in [0.29, 0.717) is 29.0 Å². The van der Waals surface area contributed by atoms with Gasteiger partial charge in [-0.25, -0.2) is 0 Å². The van der Waals surface area contributed by atoms with Crippen LogP contribution in [0.3, 0.4) is 0 Å². The van der Waals surface area contributed by atoms with Crippen LogP contribution in [0.2, 0.25) is 0 Å². The Hall–Kier alpha value is -2.40.